The first-order valence-corrected chi connectivity index (χ1v) is 8.34. The SMILES string of the molecule is O=C(CNC(=O)C1CCCCC1)OCCOc1cccc(Cl)c1. The summed E-state index contributed by atoms with van der Waals surface area (Å²) in [5.74, 6) is 0.169. The van der Waals surface area contributed by atoms with E-state index in [2.05, 4.69) is 5.32 Å². The van der Waals surface area contributed by atoms with E-state index in [0.29, 0.717) is 10.8 Å². The fraction of sp³-hybridized carbons (Fsp3) is 0.529. The summed E-state index contributed by atoms with van der Waals surface area (Å²) in [6, 6.07) is 7.00. The van der Waals surface area contributed by atoms with E-state index in [0.717, 1.165) is 25.7 Å². The molecule has 1 amide bonds. The van der Waals surface area contributed by atoms with Gasteiger partial charge in [0.2, 0.25) is 5.91 Å². The molecule has 1 aliphatic rings. The summed E-state index contributed by atoms with van der Waals surface area (Å²) in [6.07, 6.45) is 5.19. The lowest BCUT2D eigenvalue weighted by Gasteiger charge is -2.20. The minimum atomic E-state index is -0.455. The number of nitrogens with one attached hydrogen (secondary N) is 1. The van der Waals surface area contributed by atoms with Gasteiger partial charge in [-0.15, -0.1) is 0 Å². The predicted octanol–water partition coefficient (Wildman–Crippen LogP) is 2.96. The van der Waals surface area contributed by atoms with Gasteiger partial charge in [0.25, 0.3) is 0 Å². The summed E-state index contributed by atoms with van der Waals surface area (Å²) in [5, 5.41) is 3.23. The maximum atomic E-state index is 11.9. The van der Waals surface area contributed by atoms with E-state index in [9.17, 15) is 9.59 Å². The zero-order valence-corrected chi connectivity index (χ0v) is 13.8. The molecule has 0 heterocycles. The number of esters is 1. The van der Waals surface area contributed by atoms with E-state index in [1.54, 1.807) is 24.3 Å². The molecule has 0 atom stereocenters. The Hall–Kier alpha value is -1.75. The van der Waals surface area contributed by atoms with Gasteiger partial charge < -0.3 is 14.8 Å². The molecule has 0 spiro atoms. The topological polar surface area (TPSA) is 64.6 Å². The van der Waals surface area contributed by atoms with Crippen molar-refractivity contribution in [3.8, 4) is 5.75 Å². The van der Waals surface area contributed by atoms with Crippen LogP contribution in [0.1, 0.15) is 32.1 Å². The van der Waals surface area contributed by atoms with Crippen molar-refractivity contribution in [3.05, 3.63) is 29.3 Å². The quantitative estimate of drug-likeness (QED) is 0.612. The lowest BCUT2D eigenvalue weighted by atomic mass is 9.89. The second-order valence-corrected chi connectivity index (χ2v) is 6.02. The monoisotopic (exact) mass is 339 g/mol. The minimum absolute atomic E-state index is 0.0442. The second kappa shape index (κ2) is 9.40. The van der Waals surface area contributed by atoms with Gasteiger partial charge in [0.1, 0.15) is 25.5 Å². The average Bonchev–Trinajstić information content (AvgIpc) is 2.57. The Morgan fingerprint density at radius 1 is 1.17 bits per heavy atom. The predicted molar refractivity (Wildman–Crippen MR) is 87.5 cm³/mol. The molecule has 126 valence electrons. The highest BCUT2D eigenvalue weighted by molar-refractivity contribution is 6.30. The third-order valence-electron chi connectivity index (χ3n) is 3.79. The fourth-order valence-corrected chi connectivity index (χ4v) is 2.77. The number of benzene rings is 1. The molecule has 1 fully saturated rings. The number of rotatable bonds is 7. The normalized spacial score (nSPS) is 15.0. The molecule has 0 radical (unpaired) electrons. The first-order valence-electron chi connectivity index (χ1n) is 7.97. The molecule has 0 unspecified atom stereocenters. The molecule has 0 saturated heterocycles. The molecular weight excluding hydrogens is 318 g/mol. The maximum absolute atomic E-state index is 11.9. The van der Waals surface area contributed by atoms with Crippen LogP contribution in [-0.4, -0.2) is 31.6 Å². The molecule has 0 aliphatic heterocycles. The van der Waals surface area contributed by atoms with Crippen LogP contribution in [0, 0.1) is 5.92 Å². The van der Waals surface area contributed by atoms with Crippen molar-refractivity contribution in [2.45, 2.75) is 32.1 Å². The van der Waals surface area contributed by atoms with Crippen molar-refractivity contribution < 1.29 is 19.1 Å². The van der Waals surface area contributed by atoms with E-state index >= 15 is 0 Å². The Kier molecular flexibility index (Phi) is 7.20. The van der Waals surface area contributed by atoms with Crippen LogP contribution in [0.4, 0.5) is 0 Å². The van der Waals surface area contributed by atoms with Gasteiger partial charge in [0, 0.05) is 10.9 Å². The van der Waals surface area contributed by atoms with Gasteiger partial charge in [-0.3, -0.25) is 9.59 Å². The lowest BCUT2D eigenvalue weighted by Crippen LogP contribution is -2.36. The first-order chi connectivity index (χ1) is 11.1. The Bertz CT molecular complexity index is 529. The van der Waals surface area contributed by atoms with Gasteiger partial charge in [-0.25, -0.2) is 0 Å². The van der Waals surface area contributed by atoms with Crippen molar-refractivity contribution in [1.29, 1.82) is 0 Å². The Labute approximate surface area is 141 Å². The summed E-state index contributed by atoms with van der Waals surface area (Å²) >= 11 is 5.84. The van der Waals surface area contributed by atoms with Gasteiger partial charge in [0.15, 0.2) is 0 Å². The fourth-order valence-electron chi connectivity index (χ4n) is 2.59. The van der Waals surface area contributed by atoms with Crippen LogP contribution < -0.4 is 10.1 Å². The summed E-state index contributed by atoms with van der Waals surface area (Å²) < 4.78 is 10.4. The summed E-state index contributed by atoms with van der Waals surface area (Å²) in [7, 11) is 0. The van der Waals surface area contributed by atoms with Crippen molar-refractivity contribution in [3.63, 3.8) is 0 Å². The molecule has 2 rings (SSSR count). The van der Waals surface area contributed by atoms with E-state index in [1.165, 1.54) is 6.42 Å². The number of carbonyl (C=O) groups excluding carboxylic acids is 2. The molecule has 1 N–H and O–H groups in total. The molecule has 1 aliphatic carbocycles. The Balaban J connectivity index is 1.57. The molecule has 6 heteroatoms. The lowest BCUT2D eigenvalue weighted by molar-refractivity contribution is -0.145. The average molecular weight is 340 g/mol. The van der Waals surface area contributed by atoms with E-state index < -0.39 is 5.97 Å². The Morgan fingerprint density at radius 2 is 1.96 bits per heavy atom. The molecule has 23 heavy (non-hydrogen) atoms. The van der Waals surface area contributed by atoms with Crippen LogP contribution in [0.5, 0.6) is 5.75 Å². The summed E-state index contributed by atoms with van der Waals surface area (Å²) in [6.45, 7) is 0.278. The Morgan fingerprint density at radius 3 is 2.70 bits per heavy atom. The smallest absolute Gasteiger partial charge is 0.325 e. The van der Waals surface area contributed by atoms with E-state index in [4.69, 9.17) is 21.1 Å². The standard InChI is InChI=1S/C17H22ClNO4/c18-14-7-4-8-15(11-14)22-9-10-23-16(20)12-19-17(21)13-5-2-1-3-6-13/h4,7-8,11,13H,1-3,5-6,9-10,12H2,(H,19,21). The number of amides is 1. The van der Waals surface area contributed by atoms with Crippen molar-refractivity contribution >= 4 is 23.5 Å². The highest BCUT2D eigenvalue weighted by Gasteiger charge is 2.21. The zero-order valence-electron chi connectivity index (χ0n) is 13.1. The minimum Gasteiger partial charge on any atom is -0.490 e. The van der Waals surface area contributed by atoms with Crippen LogP contribution in [-0.2, 0) is 14.3 Å². The molecule has 1 saturated carbocycles. The summed E-state index contributed by atoms with van der Waals surface area (Å²) in [4.78, 5) is 23.5. The molecule has 5 nitrogen and oxygen atoms in total. The molecular formula is C17H22ClNO4. The van der Waals surface area contributed by atoms with Gasteiger partial charge >= 0.3 is 5.97 Å². The third-order valence-corrected chi connectivity index (χ3v) is 4.03. The van der Waals surface area contributed by atoms with Gasteiger partial charge in [0.05, 0.1) is 0 Å². The summed E-state index contributed by atoms with van der Waals surface area (Å²) in [5.41, 5.74) is 0. The largest absolute Gasteiger partial charge is 0.490 e. The van der Waals surface area contributed by atoms with Crippen LogP contribution in [0.2, 0.25) is 5.02 Å². The van der Waals surface area contributed by atoms with Crippen LogP contribution in [0.3, 0.4) is 0 Å². The van der Waals surface area contributed by atoms with E-state index in [1.807, 2.05) is 0 Å². The number of carbonyl (C=O) groups is 2. The molecule has 0 bridgehead atoms. The second-order valence-electron chi connectivity index (χ2n) is 5.58. The number of hydrogen-bond acceptors (Lipinski definition) is 4. The number of ether oxygens (including phenoxy) is 2. The van der Waals surface area contributed by atoms with Crippen LogP contribution in [0.25, 0.3) is 0 Å². The molecule has 1 aromatic rings. The highest BCUT2D eigenvalue weighted by atomic mass is 35.5. The number of hydrogen-bond donors (Lipinski definition) is 1. The van der Waals surface area contributed by atoms with Gasteiger partial charge in [-0.1, -0.05) is 36.9 Å². The molecule has 1 aromatic carbocycles. The molecule has 0 aromatic heterocycles. The maximum Gasteiger partial charge on any atom is 0.325 e. The van der Waals surface area contributed by atoms with Crippen molar-refractivity contribution in [1.82, 2.24) is 5.32 Å². The highest BCUT2D eigenvalue weighted by Crippen LogP contribution is 2.23. The van der Waals surface area contributed by atoms with Crippen LogP contribution in [0.15, 0.2) is 24.3 Å². The number of halogens is 1. The zero-order chi connectivity index (χ0) is 16.5. The van der Waals surface area contributed by atoms with Gasteiger partial charge in [-0.05, 0) is 31.0 Å². The van der Waals surface area contributed by atoms with E-state index in [-0.39, 0.29) is 31.6 Å². The van der Waals surface area contributed by atoms with Crippen molar-refractivity contribution in [2.75, 3.05) is 19.8 Å². The van der Waals surface area contributed by atoms with Crippen molar-refractivity contribution in [2.24, 2.45) is 5.92 Å². The third kappa shape index (κ3) is 6.48. The van der Waals surface area contributed by atoms with Gasteiger partial charge in [-0.2, -0.15) is 0 Å². The van der Waals surface area contributed by atoms with Crippen LogP contribution >= 0.6 is 11.6 Å². The first kappa shape index (κ1) is 17.6.